The first kappa shape index (κ1) is 20.6. The number of benzene rings is 1. The molecule has 6 rings (SSSR count). The highest BCUT2D eigenvalue weighted by Crippen LogP contribution is 2.37. The van der Waals surface area contributed by atoms with Gasteiger partial charge in [-0.05, 0) is 60.7 Å². The molecule has 33 heavy (non-hydrogen) atoms. The number of aromatic amines is 1. The molecule has 0 bridgehead atoms. The molecule has 1 N–H and O–H groups in total. The molecule has 3 aromatic rings. The molecule has 0 amide bonds. The molecule has 10 heteroatoms. The lowest BCUT2D eigenvalue weighted by atomic mass is 9.95. The minimum atomic E-state index is -0.345. The standard InChI is InChI=1S/C23H28N6O4/c1-14-4-2-6-28(11-14)21(22-25-26-27-29(22)12-16-5-3-7-31-16)17-8-15-9-19-20(33-13-32-19)10-18(15)24-23(17)30/h8-10,14,16,21H,2-7,11-13H2,1H3,(H,24,30)/t14-,16+,21+/m1/s1. The van der Waals surface area contributed by atoms with E-state index in [1.165, 1.54) is 6.42 Å². The van der Waals surface area contributed by atoms with Crippen molar-refractivity contribution in [2.45, 2.75) is 51.3 Å². The largest absolute Gasteiger partial charge is 0.454 e. The molecule has 0 spiro atoms. The topological polar surface area (TPSA) is 107 Å². The van der Waals surface area contributed by atoms with E-state index >= 15 is 0 Å². The second-order valence-corrected chi connectivity index (χ2v) is 9.35. The van der Waals surface area contributed by atoms with E-state index < -0.39 is 0 Å². The van der Waals surface area contributed by atoms with E-state index in [2.05, 4.69) is 32.3 Å². The average molecular weight is 453 g/mol. The van der Waals surface area contributed by atoms with Gasteiger partial charge in [0.25, 0.3) is 5.56 Å². The fourth-order valence-corrected chi connectivity index (χ4v) is 5.29. The summed E-state index contributed by atoms with van der Waals surface area (Å²) in [5.74, 6) is 2.56. The number of fused-ring (bicyclic) bond motifs is 2. The van der Waals surface area contributed by atoms with Crippen LogP contribution in [0.4, 0.5) is 0 Å². The quantitative estimate of drug-likeness (QED) is 0.628. The van der Waals surface area contributed by atoms with Crippen molar-refractivity contribution in [1.29, 1.82) is 0 Å². The number of likely N-dealkylation sites (tertiary alicyclic amines) is 1. The minimum Gasteiger partial charge on any atom is -0.454 e. The van der Waals surface area contributed by atoms with Gasteiger partial charge in [-0.3, -0.25) is 9.69 Å². The van der Waals surface area contributed by atoms with Gasteiger partial charge in [-0.25, -0.2) is 4.68 Å². The summed E-state index contributed by atoms with van der Waals surface area (Å²) in [6.07, 6.45) is 4.41. The fourth-order valence-electron chi connectivity index (χ4n) is 5.29. The van der Waals surface area contributed by atoms with E-state index in [0.717, 1.165) is 49.9 Å². The first-order chi connectivity index (χ1) is 16.2. The number of nitrogens with zero attached hydrogens (tertiary/aromatic N) is 5. The van der Waals surface area contributed by atoms with Gasteiger partial charge in [0.05, 0.1) is 18.2 Å². The third kappa shape index (κ3) is 3.87. The summed E-state index contributed by atoms with van der Waals surface area (Å²) in [5, 5.41) is 13.6. The normalized spacial score (nSPS) is 23.9. The summed E-state index contributed by atoms with van der Waals surface area (Å²) in [6.45, 7) is 5.58. The molecular formula is C23H28N6O4. The number of piperidine rings is 1. The van der Waals surface area contributed by atoms with Crippen LogP contribution in [0.15, 0.2) is 23.0 Å². The molecule has 2 aromatic heterocycles. The van der Waals surface area contributed by atoms with E-state index in [1.54, 1.807) is 0 Å². The summed E-state index contributed by atoms with van der Waals surface area (Å²) in [5.41, 5.74) is 1.22. The zero-order valence-electron chi connectivity index (χ0n) is 18.7. The van der Waals surface area contributed by atoms with Gasteiger partial charge in [0.15, 0.2) is 17.3 Å². The number of ether oxygens (including phenoxy) is 3. The van der Waals surface area contributed by atoms with E-state index in [4.69, 9.17) is 14.2 Å². The van der Waals surface area contributed by atoms with Crippen LogP contribution in [-0.2, 0) is 11.3 Å². The number of H-pyrrole nitrogens is 1. The number of nitrogens with one attached hydrogen (secondary N) is 1. The van der Waals surface area contributed by atoms with Gasteiger partial charge in [-0.1, -0.05) is 6.92 Å². The number of pyridine rings is 1. The summed E-state index contributed by atoms with van der Waals surface area (Å²) in [6, 6.07) is 5.35. The van der Waals surface area contributed by atoms with Gasteiger partial charge in [0.1, 0.15) is 6.04 Å². The molecule has 1 aromatic carbocycles. The number of tetrazole rings is 1. The molecule has 0 unspecified atom stereocenters. The molecule has 10 nitrogen and oxygen atoms in total. The molecule has 0 aliphatic carbocycles. The number of rotatable bonds is 5. The average Bonchev–Trinajstić information content (AvgIpc) is 3.56. The lowest BCUT2D eigenvalue weighted by Gasteiger charge is -2.36. The third-order valence-electron chi connectivity index (χ3n) is 6.92. The van der Waals surface area contributed by atoms with Crippen LogP contribution in [-0.4, -0.2) is 62.7 Å². The van der Waals surface area contributed by atoms with Gasteiger partial charge in [-0.2, -0.15) is 0 Å². The van der Waals surface area contributed by atoms with Gasteiger partial charge < -0.3 is 19.2 Å². The lowest BCUT2D eigenvalue weighted by molar-refractivity contribution is 0.0889. The Morgan fingerprint density at radius 1 is 1.18 bits per heavy atom. The van der Waals surface area contributed by atoms with Crippen molar-refractivity contribution in [1.82, 2.24) is 30.1 Å². The summed E-state index contributed by atoms with van der Waals surface area (Å²) in [4.78, 5) is 18.8. The maximum absolute atomic E-state index is 13.4. The minimum absolute atomic E-state index is 0.0998. The number of hydrogen-bond donors (Lipinski definition) is 1. The van der Waals surface area contributed by atoms with Crippen LogP contribution in [0.3, 0.4) is 0 Å². The Hall–Kier alpha value is -2.98. The maximum Gasteiger partial charge on any atom is 0.253 e. The zero-order chi connectivity index (χ0) is 22.4. The van der Waals surface area contributed by atoms with Crippen LogP contribution in [0.1, 0.15) is 50.0 Å². The van der Waals surface area contributed by atoms with Gasteiger partial charge in [0, 0.05) is 30.2 Å². The highest BCUT2D eigenvalue weighted by molar-refractivity contribution is 5.83. The Morgan fingerprint density at radius 3 is 2.88 bits per heavy atom. The van der Waals surface area contributed by atoms with Crippen molar-refractivity contribution < 1.29 is 14.2 Å². The molecule has 5 heterocycles. The second-order valence-electron chi connectivity index (χ2n) is 9.35. The number of aromatic nitrogens is 5. The Morgan fingerprint density at radius 2 is 2.06 bits per heavy atom. The van der Waals surface area contributed by atoms with Crippen molar-refractivity contribution in [2.75, 3.05) is 26.5 Å². The molecule has 2 fully saturated rings. The predicted molar refractivity (Wildman–Crippen MR) is 119 cm³/mol. The predicted octanol–water partition coefficient (Wildman–Crippen LogP) is 2.24. The monoisotopic (exact) mass is 452 g/mol. The summed E-state index contributed by atoms with van der Waals surface area (Å²) < 4.78 is 18.7. The third-order valence-corrected chi connectivity index (χ3v) is 6.92. The Kier molecular flexibility index (Phi) is 5.26. The maximum atomic E-state index is 13.4. The molecule has 174 valence electrons. The fraction of sp³-hybridized carbons (Fsp3) is 0.565. The van der Waals surface area contributed by atoms with Crippen molar-refractivity contribution in [3.05, 3.63) is 39.9 Å². The van der Waals surface area contributed by atoms with E-state index in [9.17, 15) is 4.79 Å². The smallest absolute Gasteiger partial charge is 0.253 e. The molecule has 0 saturated carbocycles. The van der Waals surface area contributed by atoms with Crippen molar-refractivity contribution >= 4 is 10.9 Å². The second kappa shape index (κ2) is 8.42. The van der Waals surface area contributed by atoms with Crippen LogP contribution in [0.5, 0.6) is 11.5 Å². The highest BCUT2D eigenvalue weighted by atomic mass is 16.7. The van der Waals surface area contributed by atoms with E-state index in [1.807, 2.05) is 22.9 Å². The van der Waals surface area contributed by atoms with E-state index in [0.29, 0.717) is 35.3 Å². The Balaban J connectivity index is 1.45. The van der Waals surface area contributed by atoms with Crippen LogP contribution in [0, 0.1) is 5.92 Å². The molecular weight excluding hydrogens is 424 g/mol. The molecule has 3 aliphatic heterocycles. The first-order valence-corrected chi connectivity index (χ1v) is 11.7. The molecule has 2 saturated heterocycles. The van der Waals surface area contributed by atoms with Crippen molar-refractivity contribution in [3.8, 4) is 11.5 Å². The van der Waals surface area contributed by atoms with Crippen molar-refractivity contribution in [3.63, 3.8) is 0 Å². The van der Waals surface area contributed by atoms with E-state index in [-0.39, 0.29) is 24.5 Å². The number of hydrogen-bond acceptors (Lipinski definition) is 8. The summed E-state index contributed by atoms with van der Waals surface area (Å²) >= 11 is 0. The Labute approximate surface area is 190 Å². The summed E-state index contributed by atoms with van der Waals surface area (Å²) in [7, 11) is 0. The van der Waals surface area contributed by atoms with Crippen LogP contribution < -0.4 is 15.0 Å². The van der Waals surface area contributed by atoms with Crippen LogP contribution >= 0.6 is 0 Å². The molecule has 3 atom stereocenters. The van der Waals surface area contributed by atoms with Crippen LogP contribution in [0.25, 0.3) is 10.9 Å². The van der Waals surface area contributed by atoms with Crippen molar-refractivity contribution in [2.24, 2.45) is 5.92 Å². The zero-order valence-corrected chi connectivity index (χ0v) is 18.7. The first-order valence-electron chi connectivity index (χ1n) is 11.7. The molecule has 0 radical (unpaired) electrons. The lowest BCUT2D eigenvalue weighted by Crippen LogP contribution is -2.41. The molecule has 3 aliphatic rings. The van der Waals surface area contributed by atoms with Gasteiger partial charge in [0.2, 0.25) is 6.79 Å². The van der Waals surface area contributed by atoms with Gasteiger partial charge in [-0.15, -0.1) is 5.10 Å². The van der Waals surface area contributed by atoms with Gasteiger partial charge >= 0.3 is 0 Å². The Bertz CT molecular complexity index is 1220. The highest BCUT2D eigenvalue weighted by Gasteiger charge is 2.33. The SMILES string of the molecule is C[C@@H]1CCCN([C@@H](c2cc3cc4c(cc3[nH]c2=O)OCO4)c2nnnn2C[C@@H]2CCCO2)C1. The van der Waals surface area contributed by atoms with Crippen LogP contribution in [0.2, 0.25) is 0 Å².